The van der Waals surface area contributed by atoms with E-state index < -0.39 is 11.6 Å². The van der Waals surface area contributed by atoms with Gasteiger partial charge in [0.15, 0.2) is 5.78 Å². The van der Waals surface area contributed by atoms with E-state index in [4.69, 9.17) is 4.74 Å². The highest BCUT2D eigenvalue weighted by Gasteiger charge is 2.08. The Hall–Kier alpha value is -1.16. The van der Waals surface area contributed by atoms with Crippen molar-refractivity contribution in [2.75, 3.05) is 6.61 Å². The zero-order chi connectivity index (χ0) is 11.3. The Morgan fingerprint density at radius 1 is 1.60 bits per heavy atom. The van der Waals surface area contributed by atoms with Gasteiger partial charge in [-0.3, -0.25) is 4.79 Å². The molecule has 80 valence electrons. The molecule has 2 nitrogen and oxygen atoms in total. The van der Waals surface area contributed by atoms with Gasteiger partial charge in [-0.1, -0.05) is 15.9 Å². The van der Waals surface area contributed by atoms with Crippen LogP contribution in [0.25, 0.3) is 0 Å². The molecule has 0 fully saturated rings. The summed E-state index contributed by atoms with van der Waals surface area (Å²) in [5, 5.41) is 0. The minimum atomic E-state index is -0.546. The smallest absolute Gasteiger partial charge is 0.191 e. The maximum Gasteiger partial charge on any atom is 0.191 e. The molecular weight excluding hydrogens is 263 g/mol. The molecule has 0 saturated carbocycles. The maximum atomic E-state index is 13.3. The largest absolute Gasteiger partial charge is 0.501 e. The fourth-order valence-corrected chi connectivity index (χ4v) is 1.32. The van der Waals surface area contributed by atoms with Gasteiger partial charge in [-0.2, -0.15) is 0 Å². The van der Waals surface area contributed by atoms with E-state index in [-0.39, 0.29) is 5.56 Å². The third-order valence-electron chi connectivity index (χ3n) is 1.68. The number of hydrogen-bond acceptors (Lipinski definition) is 2. The molecule has 4 heteroatoms. The molecule has 0 aliphatic heterocycles. The summed E-state index contributed by atoms with van der Waals surface area (Å²) in [6, 6.07) is 4.30. The van der Waals surface area contributed by atoms with E-state index in [2.05, 4.69) is 15.9 Å². The van der Waals surface area contributed by atoms with Crippen molar-refractivity contribution in [3.05, 3.63) is 46.4 Å². The molecule has 1 rings (SSSR count). The highest BCUT2D eigenvalue weighted by Crippen LogP contribution is 2.15. The summed E-state index contributed by atoms with van der Waals surface area (Å²) in [4.78, 5) is 11.4. The summed E-state index contributed by atoms with van der Waals surface area (Å²) < 4.78 is 18.7. The van der Waals surface area contributed by atoms with Crippen LogP contribution < -0.4 is 0 Å². The van der Waals surface area contributed by atoms with Crippen LogP contribution in [0.4, 0.5) is 4.39 Å². The standard InChI is InChI=1S/C11H10BrFO2/c1-2-15-6-5-11(14)9-4-3-8(12)7-10(9)13/h3-7H,2H2,1H3/b6-5+. The monoisotopic (exact) mass is 272 g/mol. The molecule has 0 aliphatic carbocycles. The molecule has 0 unspecified atom stereocenters. The normalized spacial score (nSPS) is 10.6. The molecule has 0 amide bonds. The van der Waals surface area contributed by atoms with Crippen LogP contribution >= 0.6 is 15.9 Å². The van der Waals surface area contributed by atoms with Gasteiger partial charge in [0.25, 0.3) is 0 Å². The van der Waals surface area contributed by atoms with Crippen LogP contribution in [0.15, 0.2) is 35.0 Å². The fraction of sp³-hybridized carbons (Fsp3) is 0.182. The molecule has 1 aromatic carbocycles. The van der Waals surface area contributed by atoms with Crippen LogP contribution in [-0.4, -0.2) is 12.4 Å². The molecule has 0 atom stereocenters. The first-order valence-electron chi connectivity index (χ1n) is 4.42. The fourth-order valence-electron chi connectivity index (χ4n) is 0.985. The van der Waals surface area contributed by atoms with E-state index in [0.29, 0.717) is 11.1 Å². The number of hydrogen-bond donors (Lipinski definition) is 0. The summed E-state index contributed by atoms with van der Waals surface area (Å²) in [5.74, 6) is -0.955. The van der Waals surface area contributed by atoms with Gasteiger partial charge in [-0.05, 0) is 25.1 Å². The Labute approximate surface area is 95.9 Å². The van der Waals surface area contributed by atoms with E-state index in [1.807, 2.05) is 0 Å². The van der Waals surface area contributed by atoms with E-state index in [9.17, 15) is 9.18 Å². The summed E-state index contributed by atoms with van der Waals surface area (Å²) in [6.07, 6.45) is 2.47. The van der Waals surface area contributed by atoms with Crippen molar-refractivity contribution < 1.29 is 13.9 Å². The molecule has 0 bridgehead atoms. The number of ether oxygens (including phenoxy) is 1. The van der Waals surface area contributed by atoms with Crippen LogP contribution in [0.2, 0.25) is 0 Å². The number of carbonyl (C=O) groups is 1. The SMILES string of the molecule is CCO/C=C/C(=O)c1ccc(Br)cc1F. The van der Waals surface area contributed by atoms with E-state index in [1.165, 1.54) is 24.5 Å². The van der Waals surface area contributed by atoms with Crippen molar-refractivity contribution in [2.24, 2.45) is 0 Å². The van der Waals surface area contributed by atoms with Gasteiger partial charge >= 0.3 is 0 Å². The maximum absolute atomic E-state index is 13.3. The van der Waals surface area contributed by atoms with Crippen LogP contribution in [0.5, 0.6) is 0 Å². The van der Waals surface area contributed by atoms with E-state index in [0.717, 1.165) is 0 Å². The summed E-state index contributed by atoms with van der Waals surface area (Å²) in [6.45, 7) is 2.28. The molecule has 0 radical (unpaired) electrons. The molecule has 0 aromatic heterocycles. The lowest BCUT2D eigenvalue weighted by Gasteiger charge is -1.99. The molecule has 1 aromatic rings. The topological polar surface area (TPSA) is 26.3 Å². The van der Waals surface area contributed by atoms with E-state index >= 15 is 0 Å². The molecule has 15 heavy (non-hydrogen) atoms. The van der Waals surface area contributed by atoms with Gasteiger partial charge in [0.1, 0.15) is 5.82 Å². The van der Waals surface area contributed by atoms with Crippen molar-refractivity contribution in [3.63, 3.8) is 0 Å². The Morgan fingerprint density at radius 2 is 2.33 bits per heavy atom. The minimum Gasteiger partial charge on any atom is -0.501 e. The highest BCUT2D eigenvalue weighted by molar-refractivity contribution is 9.10. The molecule has 0 saturated heterocycles. The zero-order valence-electron chi connectivity index (χ0n) is 8.17. The first kappa shape index (κ1) is 11.9. The first-order chi connectivity index (χ1) is 7.15. The minimum absolute atomic E-state index is 0.0363. The van der Waals surface area contributed by atoms with E-state index in [1.54, 1.807) is 13.0 Å². The lowest BCUT2D eigenvalue weighted by molar-refractivity contribution is 0.103. The Bertz CT molecular complexity index is 388. The third kappa shape index (κ3) is 3.47. The summed E-state index contributed by atoms with van der Waals surface area (Å²) >= 11 is 3.12. The lowest BCUT2D eigenvalue weighted by atomic mass is 10.1. The highest BCUT2D eigenvalue weighted by atomic mass is 79.9. The van der Waals surface area contributed by atoms with Gasteiger partial charge in [0, 0.05) is 10.5 Å². The number of allylic oxidation sites excluding steroid dienone is 1. The average molecular weight is 273 g/mol. The molecule has 0 spiro atoms. The van der Waals surface area contributed by atoms with Gasteiger partial charge in [-0.25, -0.2) is 4.39 Å². The van der Waals surface area contributed by atoms with Crippen molar-refractivity contribution in [1.82, 2.24) is 0 Å². The predicted molar refractivity (Wildman–Crippen MR) is 59.2 cm³/mol. The Morgan fingerprint density at radius 3 is 2.93 bits per heavy atom. The Kier molecular flexibility index (Phi) is 4.49. The molecule has 0 aliphatic rings. The predicted octanol–water partition coefficient (Wildman–Crippen LogP) is 3.32. The second-order valence-electron chi connectivity index (χ2n) is 2.75. The van der Waals surface area contributed by atoms with Gasteiger partial charge in [-0.15, -0.1) is 0 Å². The number of carbonyl (C=O) groups excluding carboxylic acids is 1. The summed E-state index contributed by atoms with van der Waals surface area (Å²) in [7, 11) is 0. The quantitative estimate of drug-likeness (QED) is 0.478. The summed E-state index contributed by atoms with van der Waals surface area (Å²) in [5.41, 5.74) is 0.0363. The molecular formula is C11H10BrFO2. The van der Waals surface area contributed by atoms with Crippen LogP contribution in [-0.2, 0) is 4.74 Å². The third-order valence-corrected chi connectivity index (χ3v) is 2.17. The number of benzene rings is 1. The average Bonchev–Trinajstić information content (AvgIpc) is 2.17. The Balaban J connectivity index is 2.82. The van der Waals surface area contributed by atoms with Crippen molar-refractivity contribution in [3.8, 4) is 0 Å². The van der Waals surface area contributed by atoms with Crippen LogP contribution in [0, 0.1) is 5.82 Å². The molecule has 0 heterocycles. The van der Waals surface area contributed by atoms with Gasteiger partial charge in [0.2, 0.25) is 0 Å². The van der Waals surface area contributed by atoms with Crippen molar-refractivity contribution in [1.29, 1.82) is 0 Å². The number of halogens is 2. The van der Waals surface area contributed by atoms with Crippen LogP contribution in [0.1, 0.15) is 17.3 Å². The zero-order valence-corrected chi connectivity index (χ0v) is 9.75. The lowest BCUT2D eigenvalue weighted by Crippen LogP contribution is -1.98. The first-order valence-corrected chi connectivity index (χ1v) is 5.22. The number of ketones is 1. The second-order valence-corrected chi connectivity index (χ2v) is 3.66. The van der Waals surface area contributed by atoms with Crippen molar-refractivity contribution >= 4 is 21.7 Å². The van der Waals surface area contributed by atoms with Crippen molar-refractivity contribution in [2.45, 2.75) is 6.92 Å². The number of rotatable bonds is 4. The van der Waals surface area contributed by atoms with Crippen LogP contribution in [0.3, 0.4) is 0 Å². The van der Waals surface area contributed by atoms with Gasteiger partial charge in [0.05, 0.1) is 18.4 Å². The second kappa shape index (κ2) is 5.66. The van der Waals surface area contributed by atoms with Gasteiger partial charge < -0.3 is 4.74 Å². The molecule has 0 N–H and O–H groups in total.